The topological polar surface area (TPSA) is 38.0 Å². The van der Waals surface area contributed by atoms with Crippen LogP contribution in [0.5, 0.6) is 0 Å². The third-order valence-electron chi connectivity index (χ3n) is 3.86. The SMILES string of the molecule is CCC(CC)C(CN)NCCC1=CCCC1. The van der Waals surface area contributed by atoms with Crippen molar-refractivity contribution in [3.05, 3.63) is 11.6 Å². The fourth-order valence-corrected chi connectivity index (χ4v) is 2.68. The Hall–Kier alpha value is -0.340. The molecular formula is C14H28N2. The number of nitrogens with two attached hydrogens (primary N) is 1. The van der Waals surface area contributed by atoms with Crippen molar-refractivity contribution < 1.29 is 0 Å². The maximum absolute atomic E-state index is 5.84. The van der Waals surface area contributed by atoms with E-state index in [1.807, 2.05) is 0 Å². The molecule has 0 heterocycles. The Morgan fingerprint density at radius 3 is 2.62 bits per heavy atom. The molecule has 1 rings (SSSR count). The number of hydrogen-bond donors (Lipinski definition) is 2. The molecule has 0 spiro atoms. The predicted molar refractivity (Wildman–Crippen MR) is 71.5 cm³/mol. The van der Waals surface area contributed by atoms with Gasteiger partial charge in [-0.25, -0.2) is 0 Å². The van der Waals surface area contributed by atoms with E-state index >= 15 is 0 Å². The lowest BCUT2D eigenvalue weighted by molar-refractivity contribution is 0.340. The first kappa shape index (κ1) is 13.7. The quantitative estimate of drug-likeness (QED) is 0.622. The van der Waals surface area contributed by atoms with Crippen molar-refractivity contribution in [2.45, 2.75) is 58.4 Å². The van der Waals surface area contributed by atoms with Crippen LogP contribution in [0.3, 0.4) is 0 Å². The van der Waals surface area contributed by atoms with E-state index in [2.05, 4.69) is 25.2 Å². The van der Waals surface area contributed by atoms with E-state index in [0.29, 0.717) is 6.04 Å². The Morgan fingerprint density at radius 1 is 1.38 bits per heavy atom. The van der Waals surface area contributed by atoms with Gasteiger partial charge in [0.15, 0.2) is 0 Å². The van der Waals surface area contributed by atoms with Gasteiger partial charge in [-0.05, 0) is 38.1 Å². The molecule has 1 unspecified atom stereocenters. The fourth-order valence-electron chi connectivity index (χ4n) is 2.68. The molecule has 1 aliphatic rings. The molecule has 0 aromatic heterocycles. The highest BCUT2D eigenvalue weighted by atomic mass is 14.9. The van der Waals surface area contributed by atoms with Crippen molar-refractivity contribution in [2.75, 3.05) is 13.1 Å². The smallest absolute Gasteiger partial charge is 0.0218 e. The normalized spacial score (nSPS) is 17.9. The van der Waals surface area contributed by atoms with Gasteiger partial charge in [-0.3, -0.25) is 0 Å². The van der Waals surface area contributed by atoms with Crippen molar-refractivity contribution in [3.8, 4) is 0 Å². The van der Waals surface area contributed by atoms with Gasteiger partial charge >= 0.3 is 0 Å². The van der Waals surface area contributed by atoms with Crippen molar-refractivity contribution in [1.82, 2.24) is 5.32 Å². The van der Waals surface area contributed by atoms with Crippen molar-refractivity contribution >= 4 is 0 Å². The van der Waals surface area contributed by atoms with Crippen LogP contribution >= 0.6 is 0 Å². The van der Waals surface area contributed by atoms with Crippen molar-refractivity contribution in [1.29, 1.82) is 0 Å². The number of rotatable bonds is 8. The summed E-state index contributed by atoms with van der Waals surface area (Å²) in [6.45, 7) is 6.39. The molecule has 0 aliphatic heterocycles. The first-order valence-corrected chi connectivity index (χ1v) is 6.93. The van der Waals surface area contributed by atoms with Gasteiger partial charge in [0, 0.05) is 12.6 Å². The summed E-state index contributed by atoms with van der Waals surface area (Å²) < 4.78 is 0. The van der Waals surface area contributed by atoms with E-state index in [1.54, 1.807) is 5.57 Å². The highest BCUT2D eigenvalue weighted by Crippen LogP contribution is 2.20. The van der Waals surface area contributed by atoms with E-state index in [4.69, 9.17) is 5.73 Å². The number of allylic oxidation sites excluding steroid dienone is 1. The van der Waals surface area contributed by atoms with E-state index in [0.717, 1.165) is 19.0 Å². The third-order valence-corrected chi connectivity index (χ3v) is 3.86. The van der Waals surface area contributed by atoms with Gasteiger partial charge in [-0.2, -0.15) is 0 Å². The molecule has 1 aliphatic carbocycles. The fraction of sp³-hybridized carbons (Fsp3) is 0.857. The molecule has 0 fully saturated rings. The lowest BCUT2D eigenvalue weighted by Gasteiger charge is -2.25. The minimum Gasteiger partial charge on any atom is -0.329 e. The van der Waals surface area contributed by atoms with Crippen molar-refractivity contribution in [2.24, 2.45) is 11.7 Å². The van der Waals surface area contributed by atoms with Gasteiger partial charge in [0.05, 0.1) is 0 Å². The monoisotopic (exact) mass is 224 g/mol. The summed E-state index contributed by atoms with van der Waals surface area (Å²) in [5, 5.41) is 3.63. The molecule has 94 valence electrons. The molecule has 2 nitrogen and oxygen atoms in total. The summed E-state index contributed by atoms with van der Waals surface area (Å²) in [6, 6.07) is 0.511. The molecule has 16 heavy (non-hydrogen) atoms. The second kappa shape index (κ2) is 7.86. The van der Waals surface area contributed by atoms with Gasteiger partial charge in [-0.15, -0.1) is 0 Å². The van der Waals surface area contributed by atoms with Crippen molar-refractivity contribution in [3.63, 3.8) is 0 Å². The number of nitrogens with one attached hydrogen (secondary N) is 1. The van der Waals surface area contributed by atoms with Crippen LogP contribution in [0, 0.1) is 5.92 Å². The maximum atomic E-state index is 5.84. The first-order valence-electron chi connectivity index (χ1n) is 6.93. The molecule has 0 saturated heterocycles. The van der Waals surface area contributed by atoms with E-state index in [9.17, 15) is 0 Å². The Balaban J connectivity index is 2.22. The Labute approximate surface area is 101 Å². The summed E-state index contributed by atoms with van der Waals surface area (Å²) in [5.74, 6) is 0.738. The van der Waals surface area contributed by atoms with Gasteiger partial charge < -0.3 is 11.1 Å². The summed E-state index contributed by atoms with van der Waals surface area (Å²) in [6.07, 6.45) is 10.1. The van der Waals surface area contributed by atoms with E-state index in [-0.39, 0.29) is 0 Å². The van der Waals surface area contributed by atoms with Crippen LogP contribution in [-0.4, -0.2) is 19.1 Å². The summed E-state index contributed by atoms with van der Waals surface area (Å²) in [5.41, 5.74) is 7.49. The average molecular weight is 224 g/mol. The molecule has 2 heteroatoms. The Bertz CT molecular complexity index is 207. The van der Waals surface area contributed by atoms with E-state index in [1.165, 1.54) is 38.5 Å². The zero-order valence-electron chi connectivity index (χ0n) is 11.0. The van der Waals surface area contributed by atoms with E-state index < -0.39 is 0 Å². The maximum Gasteiger partial charge on any atom is 0.0218 e. The lowest BCUT2D eigenvalue weighted by atomic mass is 9.94. The van der Waals surface area contributed by atoms with Crippen LogP contribution in [0.4, 0.5) is 0 Å². The molecule has 1 atom stereocenters. The molecule has 0 aromatic rings. The predicted octanol–water partition coefficient (Wildman–Crippen LogP) is 2.84. The first-order chi connectivity index (χ1) is 7.81. The van der Waals surface area contributed by atoms with Crippen LogP contribution in [-0.2, 0) is 0 Å². The van der Waals surface area contributed by atoms with Crippen LogP contribution < -0.4 is 11.1 Å². The highest BCUT2D eigenvalue weighted by molar-refractivity contribution is 5.07. The molecule has 0 saturated carbocycles. The van der Waals surface area contributed by atoms with Crippen LogP contribution in [0.1, 0.15) is 52.4 Å². The number of hydrogen-bond acceptors (Lipinski definition) is 2. The largest absolute Gasteiger partial charge is 0.329 e. The lowest BCUT2D eigenvalue weighted by Crippen LogP contribution is -2.42. The Kier molecular flexibility index (Phi) is 6.74. The van der Waals surface area contributed by atoms with Crippen LogP contribution in [0.15, 0.2) is 11.6 Å². The molecule has 0 aromatic carbocycles. The average Bonchev–Trinajstić information content (AvgIpc) is 2.81. The molecule has 0 radical (unpaired) electrons. The van der Waals surface area contributed by atoms with Crippen LogP contribution in [0.2, 0.25) is 0 Å². The second-order valence-electron chi connectivity index (χ2n) is 4.88. The minimum atomic E-state index is 0.511. The standard InChI is InChI=1S/C14H28N2/c1-3-13(4-2)14(11-15)16-10-9-12-7-5-6-8-12/h7,13-14,16H,3-6,8-11,15H2,1-2H3. The molecule has 3 N–H and O–H groups in total. The highest BCUT2D eigenvalue weighted by Gasteiger charge is 2.16. The third kappa shape index (κ3) is 4.26. The van der Waals surface area contributed by atoms with Gasteiger partial charge in [0.2, 0.25) is 0 Å². The zero-order chi connectivity index (χ0) is 11.8. The van der Waals surface area contributed by atoms with Gasteiger partial charge in [-0.1, -0.05) is 38.3 Å². The molecule has 0 amide bonds. The second-order valence-corrected chi connectivity index (χ2v) is 4.88. The van der Waals surface area contributed by atoms with Crippen LogP contribution in [0.25, 0.3) is 0 Å². The Morgan fingerprint density at radius 2 is 2.12 bits per heavy atom. The molecular weight excluding hydrogens is 196 g/mol. The summed E-state index contributed by atoms with van der Waals surface area (Å²) >= 11 is 0. The molecule has 0 bridgehead atoms. The zero-order valence-corrected chi connectivity index (χ0v) is 11.0. The van der Waals surface area contributed by atoms with Gasteiger partial charge in [0.1, 0.15) is 0 Å². The summed E-state index contributed by atoms with van der Waals surface area (Å²) in [7, 11) is 0. The minimum absolute atomic E-state index is 0.511. The summed E-state index contributed by atoms with van der Waals surface area (Å²) in [4.78, 5) is 0. The van der Waals surface area contributed by atoms with Gasteiger partial charge in [0.25, 0.3) is 0 Å².